The summed E-state index contributed by atoms with van der Waals surface area (Å²) in [7, 11) is 0. The molecule has 1 heterocycles. The van der Waals surface area contributed by atoms with Crippen LogP contribution in [0.5, 0.6) is 0 Å². The largest absolute Gasteiger partial charge is 0.459 e. The quantitative estimate of drug-likeness (QED) is 0.578. The number of nitrogens with zero attached hydrogens (tertiary/aromatic N) is 2. The molecule has 0 aromatic heterocycles. The molecule has 3 rings (SSSR count). The lowest BCUT2D eigenvalue weighted by Gasteiger charge is -2.42. The highest BCUT2D eigenvalue weighted by molar-refractivity contribution is 6.00. The van der Waals surface area contributed by atoms with Gasteiger partial charge < -0.3 is 14.4 Å². The first-order chi connectivity index (χ1) is 14.5. The minimum atomic E-state index is -4.64. The van der Waals surface area contributed by atoms with E-state index in [-0.39, 0.29) is 12.5 Å². The van der Waals surface area contributed by atoms with Crippen molar-refractivity contribution in [1.29, 1.82) is 0 Å². The molecular weight excluding hydrogens is 429 g/mol. The lowest BCUT2D eigenvalue weighted by atomic mass is 9.76. The summed E-state index contributed by atoms with van der Waals surface area (Å²) in [5.41, 5.74) is -1.14. The highest BCUT2D eigenvalue weighted by Gasteiger charge is 2.61. The smallest absolute Gasteiger partial charge is 0.434 e. The first-order valence-corrected chi connectivity index (χ1v) is 10.8. The van der Waals surface area contributed by atoms with E-state index in [0.717, 1.165) is 0 Å². The molecule has 3 bridgehead atoms. The van der Waals surface area contributed by atoms with E-state index in [0.29, 0.717) is 18.6 Å². The number of alkyl halides is 3. The number of esters is 1. The van der Waals surface area contributed by atoms with Crippen LogP contribution in [0.2, 0.25) is 0 Å². The van der Waals surface area contributed by atoms with E-state index in [9.17, 15) is 27.6 Å². The van der Waals surface area contributed by atoms with Crippen LogP contribution in [0.1, 0.15) is 60.8 Å². The van der Waals surface area contributed by atoms with Gasteiger partial charge in [0.15, 0.2) is 0 Å². The second-order valence-electron chi connectivity index (χ2n) is 11.0. The van der Waals surface area contributed by atoms with Gasteiger partial charge in [-0.3, -0.25) is 9.59 Å². The Balaban J connectivity index is 1.97. The molecule has 180 valence electrons. The lowest BCUT2D eigenvalue weighted by molar-refractivity contribution is -0.173. The Kier molecular flexibility index (Phi) is 6.14. The Hall–Kier alpha value is -2.13. The van der Waals surface area contributed by atoms with E-state index in [4.69, 9.17) is 9.47 Å². The van der Waals surface area contributed by atoms with Crippen LogP contribution in [0.15, 0.2) is 4.99 Å². The van der Waals surface area contributed by atoms with Crippen molar-refractivity contribution in [2.75, 3.05) is 6.54 Å². The molecule has 2 unspecified atom stereocenters. The Labute approximate surface area is 185 Å². The molecule has 0 N–H and O–H groups in total. The molecule has 0 spiro atoms. The summed E-state index contributed by atoms with van der Waals surface area (Å²) in [6, 6.07) is -0.777. The highest BCUT2D eigenvalue weighted by atomic mass is 19.4. The molecular formula is C22H31F3N2O5. The van der Waals surface area contributed by atoms with Crippen LogP contribution in [0.25, 0.3) is 0 Å². The highest BCUT2D eigenvalue weighted by Crippen LogP contribution is 2.51. The van der Waals surface area contributed by atoms with Crippen LogP contribution < -0.4 is 0 Å². The fraction of sp³-hybridized carbons (Fsp3) is 0.818. The summed E-state index contributed by atoms with van der Waals surface area (Å²) in [5, 5.41) is 0. The molecule has 2 amide bonds. The number of ether oxygens (including phenoxy) is 2. The van der Waals surface area contributed by atoms with E-state index >= 15 is 0 Å². The van der Waals surface area contributed by atoms with Crippen molar-refractivity contribution >= 4 is 23.7 Å². The molecule has 0 aromatic carbocycles. The zero-order valence-electron chi connectivity index (χ0n) is 19.3. The monoisotopic (exact) mass is 460 g/mol. The predicted molar refractivity (Wildman–Crippen MR) is 109 cm³/mol. The van der Waals surface area contributed by atoms with Crippen molar-refractivity contribution in [2.24, 2.45) is 28.2 Å². The third-order valence-corrected chi connectivity index (χ3v) is 6.04. The second kappa shape index (κ2) is 8.02. The molecule has 0 radical (unpaired) electrons. The number of rotatable bonds is 2. The summed E-state index contributed by atoms with van der Waals surface area (Å²) in [4.78, 5) is 43.0. The van der Waals surface area contributed by atoms with Crippen molar-refractivity contribution in [1.82, 2.24) is 4.90 Å². The maximum Gasteiger partial charge on any atom is 0.434 e. The lowest BCUT2D eigenvalue weighted by Crippen LogP contribution is -2.54. The Morgan fingerprint density at radius 1 is 1.03 bits per heavy atom. The van der Waals surface area contributed by atoms with Gasteiger partial charge in [-0.15, -0.1) is 0 Å². The first kappa shape index (κ1) is 24.5. The van der Waals surface area contributed by atoms with E-state index in [1.54, 1.807) is 41.5 Å². The van der Waals surface area contributed by atoms with E-state index < -0.39 is 65.6 Å². The average molecular weight is 460 g/mol. The summed E-state index contributed by atoms with van der Waals surface area (Å²) >= 11 is 0. The van der Waals surface area contributed by atoms with Gasteiger partial charge >= 0.3 is 18.2 Å². The van der Waals surface area contributed by atoms with E-state index in [1.807, 2.05) is 0 Å². The number of piperidine rings is 1. The number of fused-ring (bicyclic) bond motifs is 2. The van der Waals surface area contributed by atoms with Crippen molar-refractivity contribution < 1.29 is 37.0 Å². The van der Waals surface area contributed by atoms with Crippen molar-refractivity contribution in [3.05, 3.63) is 0 Å². The standard InChI is InChI=1S/C22H31F3N2O5/c1-20(2,3)18(29)31-17-13-8-11-7-12(15(13)26-19(30)32-21(4,5)6)16(17)27(10-11)14(28)9-22(23,24)25/h11-13,16-17H,7-10H2,1-6H3/b26-15-/t11?,12-,13+,16?,17-/m0/s1. The molecule has 5 atom stereocenters. The third-order valence-electron chi connectivity index (χ3n) is 6.04. The third kappa shape index (κ3) is 5.26. The van der Waals surface area contributed by atoms with Crippen LogP contribution in [0.3, 0.4) is 0 Å². The fourth-order valence-corrected chi connectivity index (χ4v) is 4.91. The van der Waals surface area contributed by atoms with Gasteiger partial charge in [-0.1, -0.05) is 0 Å². The minimum absolute atomic E-state index is 0.0469. The van der Waals surface area contributed by atoms with Gasteiger partial charge in [0.05, 0.1) is 11.5 Å². The molecule has 3 fully saturated rings. The molecule has 1 saturated heterocycles. The van der Waals surface area contributed by atoms with Crippen molar-refractivity contribution in [2.45, 2.75) is 84.7 Å². The van der Waals surface area contributed by atoms with Crippen LogP contribution in [0.4, 0.5) is 18.0 Å². The number of halogens is 3. The van der Waals surface area contributed by atoms with Gasteiger partial charge in [0.2, 0.25) is 5.91 Å². The number of carbonyl (C=O) groups is 3. The number of hydrogen-bond donors (Lipinski definition) is 0. The molecule has 7 nitrogen and oxygen atoms in total. The summed E-state index contributed by atoms with van der Waals surface area (Å²) in [6.07, 6.45) is -6.81. The van der Waals surface area contributed by atoms with Crippen LogP contribution >= 0.6 is 0 Å². The molecule has 3 aliphatic rings. The Bertz CT molecular complexity index is 825. The van der Waals surface area contributed by atoms with Gasteiger partial charge in [-0.25, -0.2) is 4.79 Å². The van der Waals surface area contributed by atoms with E-state index in [2.05, 4.69) is 4.99 Å². The van der Waals surface area contributed by atoms with E-state index in [1.165, 1.54) is 4.90 Å². The normalized spacial score (nSPS) is 31.1. The Morgan fingerprint density at radius 2 is 1.62 bits per heavy atom. The van der Waals surface area contributed by atoms with Gasteiger partial charge in [0, 0.05) is 24.1 Å². The average Bonchev–Trinajstić information content (AvgIpc) is 2.70. The summed E-state index contributed by atoms with van der Waals surface area (Å²) < 4.78 is 50.0. The number of amides is 2. The first-order valence-electron chi connectivity index (χ1n) is 10.8. The Morgan fingerprint density at radius 3 is 2.16 bits per heavy atom. The zero-order valence-corrected chi connectivity index (χ0v) is 19.3. The van der Waals surface area contributed by atoms with Crippen LogP contribution in [0, 0.1) is 23.2 Å². The minimum Gasteiger partial charge on any atom is -0.459 e. The van der Waals surface area contributed by atoms with Gasteiger partial charge in [0.1, 0.15) is 18.1 Å². The van der Waals surface area contributed by atoms with Crippen molar-refractivity contribution in [3.63, 3.8) is 0 Å². The summed E-state index contributed by atoms with van der Waals surface area (Å²) in [6.45, 7) is 10.3. The SMILES string of the molecule is CC(C)(C)OC(=O)/N=C1\[C@H]2CC3C[C@@H]1C([C@H]2OC(=O)C(C)(C)C)N(C(=O)CC(F)(F)F)C3. The fourth-order valence-electron chi connectivity index (χ4n) is 4.91. The van der Waals surface area contributed by atoms with Gasteiger partial charge in [-0.2, -0.15) is 18.2 Å². The zero-order chi connectivity index (χ0) is 24.2. The molecule has 0 aromatic rings. The van der Waals surface area contributed by atoms with Gasteiger partial charge in [0.25, 0.3) is 0 Å². The number of aliphatic imine (C=N–C) groups is 1. The van der Waals surface area contributed by atoms with Gasteiger partial charge in [-0.05, 0) is 60.3 Å². The number of hydrogen-bond acceptors (Lipinski definition) is 5. The van der Waals surface area contributed by atoms with Crippen LogP contribution in [-0.2, 0) is 19.1 Å². The van der Waals surface area contributed by atoms with Crippen molar-refractivity contribution in [3.8, 4) is 0 Å². The predicted octanol–water partition coefficient (Wildman–Crippen LogP) is 4.14. The number of carbonyl (C=O) groups excluding carboxylic acids is 3. The molecule has 1 aliphatic heterocycles. The maximum absolute atomic E-state index is 13.0. The molecule has 2 aliphatic carbocycles. The topological polar surface area (TPSA) is 85.3 Å². The summed E-state index contributed by atoms with van der Waals surface area (Å²) in [5.74, 6) is -2.50. The number of likely N-dealkylation sites (tertiary alicyclic amines) is 1. The molecule has 10 heteroatoms. The molecule has 2 saturated carbocycles. The second-order valence-corrected chi connectivity index (χ2v) is 11.0. The molecule has 32 heavy (non-hydrogen) atoms. The maximum atomic E-state index is 13.0. The van der Waals surface area contributed by atoms with Crippen LogP contribution in [-0.4, -0.2) is 59.0 Å².